The van der Waals surface area contributed by atoms with Crippen LogP contribution in [0.15, 0.2) is 0 Å². The van der Waals surface area contributed by atoms with Gasteiger partial charge in [0.25, 0.3) is 0 Å². The number of methoxy groups -OCH3 is 1. The number of carbonyl (C=O) groups excluding carboxylic acids is 1. The first kappa shape index (κ1) is 13.5. The first-order chi connectivity index (χ1) is 7.74. The van der Waals surface area contributed by atoms with Gasteiger partial charge in [0.05, 0.1) is 6.04 Å². The second-order valence-electron chi connectivity index (χ2n) is 4.51. The van der Waals surface area contributed by atoms with Crippen molar-refractivity contribution in [3.63, 3.8) is 0 Å². The van der Waals surface area contributed by atoms with Crippen LogP contribution in [-0.4, -0.2) is 38.3 Å². The predicted molar refractivity (Wildman–Crippen MR) is 64.4 cm³/mol. The molecule has 1 saturated carbocycles. The summed E-state index contributed by atoms with van der Waals surface area (Å²) >= 11 is 0. The van der Waals surface area contributed by atoms with Gasteiger partial charge in [-0.1, -0.05) is 12.8 Å². The van der Waals surface area contributed by atoms with E-state index in [4.69, 9.17) is 4.74 Å². The number of amides is 1. The molecule has 0 saturated heterocycles. The van der Waals surface area contributed by atoms with Gasteiger partial charge in [-0.15, -0.1) is 0 Å². The average Bonchev–Trinajstić information content (AvgIpc) is 2.76. The van der Waals surface area contributed by atoms with Crippen molar-refractivity contribution in [2.75, 3.05) is 20.3 Å². The van der Waals surface area contributed by atoms with Gasteiger partial charge >= 0.3 is 0 Å². The fourth-order valence-corrected chi connectivity index (χ4v) is 2.10. The quantitative estimate of drug-likeness (QED) is 0.641. The van der Waals surface area contributed by atoms with E-state index < -0.39 is 0 Å². The van der Waals surface area contributed by atoms with E-state index in [2.05, 4.69) is 10.6 Å². The molecule has 4 nitrogen and oxygen atoms in total. The molecule has 0 unspecified atom stereocenters. The van der Waals surface area contributed by atoms with Crippen LogP contribution in [0.25, 0.3) is 0 Å². The van der Waals surface area contributed by atoms with Crippen LogP contribution in [0, 0.1) is 0 Å². The monoisotopic (exact) mass is 228 g/mol. The van der Waals surface area contributed by atoms with Crippen molar-refractivity contribution in [2.24, 2.45) is 0 Å². The summed E-state index contributed by atoms with van der Waals surface area (Å²) in [5.74, 6) is 0.100. The minimum absolute atomic E-state index is 0.0781. The number of rotatable bonds is 7. The topological polar surface area (TPSA) is 50.4 Å². The van der Waals surface area contributed by atoms with Crippen LogP contribution in [-0.2, 0) is 9.53 Å². The lowest BCUT2D eigenvalue weighted by Crippen LogP contribution is -2.46. The number of nitrogens with one attached hydrogen (secondary N) is 2. The summed E-state index contributed by atoms with van der Waals surface area (Å²) in [5, 5.41) is 6.29. The highest BCUT2D eigenvalue weighted by Gasteiger charge is 2.20. The van der Waals surface area contributed by atoms with Crippen LogP contribution in [0.1, 0.15) is 39.0 Å². The molecule has 1 fully saturated rings. The van der Waals surface area contributed by atoms with E-state index in [1.54, 1.807) is 7.11 Å². The predicted octanol–water partition coefficient (Wildman–Crippen LogP) is 1.06. The molecule has 0 aromatic heterocycles. The summed E-state index contributed by atoms with van der Waals surface area (Å²) in [6.07, 6.45) is 5.88. The highest BCUT2D eigenvalue weighted by molar-refractivity contribution is 5.81. The molecule has 0 aromatic carbocycles. The second-order valence-corrected chi connectivity index (χ2v) is 4.51. The molecule has 94 valence electrons. The molecular formula is C12H24N2O2. The Hall–Kier alpha value is -0.610. The molecule has 0 radical (unpaired) electrons. The Kier molecular flexibility index (Phi) is 6.42. The Balaban J connectivity index is 2.09. The van der Waals surface area contributed by atoms with Crippen molar-refractivity contribution in [1.82, 2.24) is 10.6 Å². The van der Waals surface area contributed by atoms with E-state index >= 15 is 0 Å². The molecule has 0 bridgehead atoms. The molecule has 1 atom stereocenters. The Bertz CT molecular complexity index is 203. The molecule has 1 aliphatic rings. The molecule has 0 heterocycles. The van der Waals surface area contributed by atoms with Crippen LogP contribution in [0.4, 0.5) is 0 Å². The van der Waals surface area contributed by atoms with E-state index in [1.807, 2.05) is 6.92 Å². The van der Waals surface area contributed by atoms with Gasteiger partial charge in [0.15, 0.2) is 0 Å². The Morgan fingerprint density at radius 3 is 2.75 bits per heavy atom. The molecule has 16 heavy (non-hydrogen) atoms. The molecule has 2 N–H and O–H groups in total. The number of hydrogen-bond donors (Lipinski definition) is 2. The molecule has 1 rings (SSSR count). The van der Waals surface area contributed by atoms with E-state index in [-0.39, 0.29) is 11.9 Å². The van der Waals surface area contributed by atoms with Crippen molar-refractivity contribution in [2.45, 2.75) is 51.1 Å². The fraction of sp³-hybridized carbons (Fsp3) is 0.917. The summed E-state index contributed by atoms with van der Waals surface area (Å²) in [7, 11) is 1.67. The maximum Gasteiger partial charge on any atom is 0.236 e. The molecular weight excluding hydrogens is 204 g/mol. The number of carbonyl (C=O) groups is 1. The minimum atomic E-state index is -0.0781. The third-order valence-corrected chi connectivity index (χ3v) is 3.06. The summed E-state index contributed by atoms with van der Waals surface area (Å²) in [5.41, 5.74) is 0. The molecule has 4 heteroatoms. The van der Waals surface area contributed by atoms with Crippen LogP contribution >= 0.6 is 0 Å². The van der Waals surface area contributed by atoms with Gasteiger partial charge in [-0.2, -0.15) is 0 Å². The summed E-state index contributed by atoms with van der Waals surface area (Å²) in [4.78, 5) is 11.7. The van der Waals surface area contributed by atoms with Crippen LogP contribution in [0.2, 0.25) is 0 Å². The normalized spacial score (nSPS) is 18.6. The zero-order valence-electron chi connectivity index (χ0n) is 10.4. The largest absolute Gasteiger partial charge is 0.385 e. The lowest BCUT2D eigenvalue weighted by atomic mass is 10.2. The van der Waals surface area contributed by atoms with Gasteiger partial charge in [0.1, 0.15) is 0 Å². The smallest absolute Gasteiger partial charge is 0.236 e. The molecule has 0 aromatic rings. The highest BCUT2D eigenvalue weighted by atomic mass is 16.5. The van der Waals surface area contributed by atoms with Gasteiger partial charge in [-0.25, -0.2) is 0 Å². The first-order valence-electron chi connectivity index (χ1n) is 6.26. The number of hydrogen-bond acceptors (Lipinski definition) is 3. The van der Waals surface area contributed by atoms with E-state index in [1.165, 1.54) is 25.7 Å². The zero-order valence-corrected chi connectivity index (χ0v) is 10.4. The summed E-state index contributed by atoms with van der Waals surface area (Å²) < 4.78 is 4.92. The maximum absolute atomic E-state index is 11.7. The first-order valence-corrected chi connectivity index (χ1v) is 6.26. The second kappa shape index (κ2) is 7.63. The average molecular weight is 228 g/mol. The SMILES string of the molecule is COCCCNC(=O)[C@H](C)NC1CCCC1. The lowest BCUT2D eigenvalue weighted by Gasteiger charge is -2.18. The van der Waals surface area contributed by atoms with Gasteiger partial charge in [0, 0.05) is 26.3 Å². The third kappa shape index (κ3) is 4.94. The zero-order chi connectivity index (χ0) is 11.8. The van der Waals surface area contributed by atoms with Crippen LogP contribution in [0.5, 0.6) is 0 Å². The molecule has 1 amide bonds. The van der Waals surface area contributed by atoms with E-state index in [0.29, 0.717) is 19.2 Å². The van der Waals surface area contributed by atoms with Crippen molar-refractivity contribution >= 4 is 5.91 Å². The number of ether oxygens (including phenoxy) is 1. The Morgan fingerprint density at radius 1 is 1.44 bits per heavy atom. The van der Waals surface area contributed by atoms with Gasteiger partial charge in [-0.05, 0) is 26.2 Å². The van der Waals surface area contributed by atoms with Crippen molar-refractivity contribution in [3.05, 3.63) is 0 Å². The highest BCUT2D eigenvalue weighted by Crippen LogP contribution is 2.17. The fourth-order valence-electron chi connectivity index (χ4n) is 2.10. The Labute approximate surface area is 98.1 Å². The standard InChI is InChI=1S/C12H24N2O2/c1-10(14-11-6-3-4-7-11)12(15)13-8-5-9-16-2/h10-11,14H,3-9H2,1-2H3,(H,13,15)/t10-/m0/s1. The van der Waals surface area contributed by atoms with E-state index in [0.717, 1.165) is 6.42 Å². The van der Waals surface area contributed by atoms with Crippen molar-refractivity contribution < 1.29 is 9.53 Å². The summed E-state index contributed by atoms with van der Waals surface area (Å²) in [6.45, 7) is 3.33. The van der Waals surface area contributed by atoms with Crippen molar-refractivity contribution in [3.8, 4) is 0 Å². The molecule has 1 aliphatic carbocycles. The minimum Gasteiger partial charge on any atom is -0.385 e. The van der Waals surface area contributed by atoms with E-state index in [9.17, 15) is 4.79 Å². The molecule has 0 spiro atoms. The van der Waals surface area contributed by atoms with Crippen LogP contribution in [0.3, 0.4) is 0 Å². The van der Waals surface area contributed by atoms with Gasteiger partial charge in [0.2, 0.25) is 5.91 Å². The van der Waals surface area contributed by atoms with Gasteiger partial charge < -0.3 is 15.4 Å². The van der Waals surface area contributed by atoms with Crippen molar-refractivity contribution in [1.29, 1.82) is 0 Å². The van der Waals surface area contributed by atoms with Crippen LogP contribution < -0.4 is 10.6 Å². The molecule has 0 aliphatic heterocycles. The lowest BCUT2D eigenvalue weighted by molar-refractivity contribution is -0.122. The summed E-state index contributed by atoms with van der Waals surface area (Å²) in [6, 6.07) is 0.463. The Morgan fingerprint density at radius 2 is 2.12 bits per heavy atom. The third-order valence-electron chi connectivity index (χ3n) is 3.06. The maximum atomic E-state index is 11.7. The van der Waals surface area contributed by atoms with Gasteiger partial charge in [-0.3, -0.25) is 4.79 Å².